The summed E-state index contributed by atoms with van der Waals surface area (Å²) in [6.07, 6.45) is 6.80. The summed E-state index contributed by atoms with van der Waals surface area (Å²) in [5, 5.41) is 2.97. The number of carbonyl (C=O) groups is 1. The van der Waals surface area contributed by atoms with E-state index in [9.17, 15) is 4.79 Å². The number of furan rings is 1. The molecule has 2 aromatic rings. The molecule has 0 saturated heterocycles. The molecule has 1 unspecified atom stereocenters. The van der Waals surface area contributed by atoms with Crippen LogP contribution in [0.1, 0.15) is 54.1 Å². The average Bonchev–Trinajstić information content (AvgIpc) is 3.37. The topological polar surface area (TPSA) is 63.9 Å². The molecule has 1 aliphatic carbocycles. The molecule has 1 atom stereocenters. The minimum absolute atomic E-state index is 0.0481. The number of hydrogen-bond acceptors (Lipinski definition) is 5. The Labute approximate surface area is 177 Å². The Hall–Kier alpha value is -2.47. The second-order valence-electron chi connectivity index (χ2n) is 9.18. The summed E-state index contributed by atoms with van der Waals surface area (Å²) >= 11 is 0. The molecule has 2 aliphatic heterocycles. The van der Waals surface area contributed by atoms with Crippen LogP contribution in [-0.4, -0.2) is 43.3 Å². The summed E-state index contributed by atoms with van der Waals surface area (Å²) in [4.78, 5) is 15.1. The van der Waals surface area contributed by atoms with Crippen LogP contribution < -0.4 is 14.8 Å². The molecule has 0 spiro atoms. The molecule has 1 aromatic carbocycles. The molecule has 5 rings (SSSR count). The third-order valence-electron chi connectivity index (χ3n) is 7.19. The van der Waals surface area contributed by atoms with Gasteiger partial charge in [-0.2, -0.15) is 0 Å². The van der Waals surface area contributed by atoms with E-state index in [1.165, 1.54) is 0 Å². The van der Waals surface area contributed by atoms with E-state index < -0.39 is 5.79 Å². The molecule has 6 heteroatoms. The van der Waals surface area contributed by atoms with Gasteiger partial charge < -0.3 is 24.1 Å². The number of carbonyl (C=O) groups excluding carboxylic acids is 1. The van der Waals surface area contributed by atoms with Crippen LogP contribution in [0.25, 0.3) is 11.3 Å². The number of amides is 1. The van der Waals surface area contributed by atoms with Gasteiger partial charge in [0, 0.05) is 31.0 Å². The number of fused-ring (bicyclic) bond motifs is 2. The van der Waals surface area contributed by atoms with Gasteiger partial charge in [-0.25, -0.2) is 0 Å². The largest absolute Gasteiger partial charge is 0.464 e. The van der Waals surface area contributed by atoms with Crippen LogP contribution in [0, 0.1) is 12.8 Å². The summed E-state index contributed by atoms with van der Waals surface area (Å²) in [5.74, 6) is 1.67. The lowest BCUT2D eigenvalue weighted by Crippen LogP contribution is -2.46. The molecule has 1 saturated carbocycles. The minimum atomic E-state index is -0.730. The molecule has 6 nitrogen and oxygen atoms in total. The fourth-order valence-corrected chi connectivity index (χ4v) is 5.44. The zero-order valence-corrected chi connectivity index (χ0v) is 18.2. The smallest absolute Gasteiger partial charge is 0.252 e. The van der Waals surface area contributed by atoms with Crippen LogP contribution in [-0.2, 0) is 6.42 Å². The van der Waals surface area contributed by atoms with Crippen molar-refractivity contribution in [1.29, 1.82) is 0 Å². The van der Waals surface area contributed by atoms with E-state index in [0.29, 0.717) is 29.8 Å². The molecule has 1 N–H and O–H groups in total. The highest BCUT2D eigenvalue weighted by atomic mass is 16.7. The first kappa shape index (κ1) is 19.5. The lowest BCUT2D eigenvalue weighted by atomic mass is 9.81. The van der Waals surface area contributed by atoms with Crippen molar-refractivity contribution in [2.45, 2.75) is 57.8 Å². The van der Waals surface area contributed by atoms with Gasteiger partial charge in [-0.15, -0.1) is 0 Å². The van der Waals surface area contributed by atoms with Crippen LogP contribution >= 0.6 is 0 Å². The SMILES string of the molecule is Cc1c2c(c(-c3ccco3)c3c1C(=O)NCC3)OC(C)([C@H]1CC[C@H](N(C)C)CC1)O2. The third kappa shape index (κ3) is 2.92. The fourth-order valence-electron chi connectivity index (χ4n) is 5.44. The first-order chi connectivity index (χ1) is 14.4. The van der Waals surface area contributed by atoms with Crippen molar-refractivity contribution in [1.82, 2.24) is 10.2 Å². The van der Waals surface area contributed by atoms with E-state index in [0.717, 1.165) is 60.3 Å². The van der Waals surface area contributed by atoms with Crippen molar-refractivity contribution in [2.24, 2.45) is 5.92 Å². The first-order valence-corrected chi connectivity index (χ1v) is 10.9. The van der Waals surface area contributed by atoms with Crippen LogP contribution in [0.4, 0.5) is 0 Å². The van der Waals surface area contributed by atoms with Gasteiger partial charge in [0.1, 0.15) is 5.76 Å². The Morgan fingerprint density at radius 2 is 1.83 bits per heavy atom. The quantitative estimate of drug-likeness (QED) is 0.824. The Bertz CT molecular complexity index is 974. The summed E-state index contributed by atoms with van der Waals surface area (Å²) in [5.41, 5.74) is 3.43. The highest BCUT2D eigenvalue weighted by Crippen LogP contribution is 2.54. The van der Waals surface area contributed by atoms with E-state index in [1.807, 2.05) is 19.1 Å². The van der Waals surface area contributed by atoms with Crippen molar-refractivity contribution in [3.05, 3.63) is 35.1 Å². The molecular formula is C24H30N2O4. The second-order valence-corrected chi connectivity index (χ2v) is 9.18. The van der Waals surface area contributed by atoms with E-state index in [2.05, 4.69) is 31.2 Å². The number of ether oxygens (including phenoxy) is 2. The zero-order chi connectivity index (χ0) is 21.0. The molecule has 3 heterocycles. The van der Waals surface area contributed by atoms with Crippen molar-refractivity contribution in [3.63, 3.8) is 0 Å². The standard InChI is InChI=1S/C24H30N2O4/c1-14-19-17(11-12-25-23(19)27)20(18-6-5-13-28-18)22-21(14)29-24(2,30-22)15-7-9-16(10-8-15)26(3)4/h5-6,13,15-16H,7-12H2,1-4H3,(H,25,27)/t15-,16-,24?. The normalized spacial score (nSPS) is 27.8. The summed E-state index contributed by atoms with van der Waals surface area (Å²) in [6.45, 7) is 4.63. The van der Waals surface area contributed by atoms with Gasteiger partial charge in [-0.05, 0) is 70.8 Å². The molecule has 1 aromatic heterocycles. The number of nitrogens with one attached hydrogen (secondary N) is 1. The van der Waals surface area contributed by atoms with Crippen molar-refractivity contribution < 1.29 is 18.7 Å². The van der Waals surface area contributed by atoms with Crippen LogP contribution in [0.3, 0.4) is 0 Å². The average molecular weight is 411 g/mol. The van der Waals surface area contributed by atoms with Gasteiger partial charge in [-0.1, -0.05) is 0 Å². The maximum atomic E-state index is 12.7. The summed E-state index contributed by atoms with van der Waals surface area (Å²) in [6, 6.07) is 4.41. The molecule has 1 amide bonds. The summed E-state index contributed by atoms with van der Waals surface area (Å²) < 4.78 is 19.0. The number of rotatable bonds is 3. The van der Waals surface area contributed by atoms with E-state index in [4.69, 9.17) is 13.9 Å². The van der Waals surface area contributed by atoms with E-state index >= 15 is 0 Å². The van der Waals surface area contributed by atoms with Crippen LogP contribution in [0.15, 0.2) is 22.8 Å². The van der Waals surface area contributed by atoms with Gasteiger partial charge >= 0.3 is 0 Å². The monoisotopic (exact) mass is 410 g/mol. The predicted octanol–water partition coefficient (Wildman–Crippen LogP) is 4.15. The van der Waals surface area contributed by atoms with Crippen LogP contribution in [0.2, 0.25) is 0 Å². The number of benzene rings is 1. The maximum absolute atomic E-state index is 12.7. The minimum Gasteiger partial charge on any atom is -0.464 e. The second kappa shape index (κ2) is 7.05. The molecule has 3 aliphatic rings. The summed E-state index contributed by atoms with van der Waals surface area (Å²) in [7, 11) is 4.30. The first-order valence-electron chi connectivity index (χ1n) is 10.9. The molecule has 0 bridgehead atoms. The lowest BCUT2D eigenvalue weighted by molar-refractivity contribution is -0.123. The van der Waals surface area contributed by atoms with E-state index in [-0.39, 0.29) is 5.91 Å². The Kier molecular flexibility index (Phi) is 4.58. The molecule has 1 fully saturated rings. The molecule has 160 valence electrons. The Morgan fingerprint density at radius 3 is 2.50 bits per heavy atom. The molecule has 0 radical (unpaired) electrons. The highest BCUT2D eigenvalue weighted by molar-refractivity contribution is 6.02. The Morgan fingerprint density at radius 1 is 1.10 bits per heavy atom. The maximum Gasteiger partial charge on any atom is 0.252 e. The number of hydrogen-bond donors (Lipinski definition) is 1. The molecule has 30 heavy (non-hydrogen) atoms. The van der Waals surface area contributed by atoms with Crippen molar-refractivity contribution in [2.75, 3.05) is 20.6 Å². The van der Waals surface area contributed by atoms with Crippen molar-refractivity contribution in [3.8, 4) is 22.8 Å². The fraction of sp³-hybridized carbons (Fsp3) is 0.542. The van der Waals surface area contributed by atoms with Crippen molar-refractivity contribution >= 4 is 5.91 Å². The zero-order valence-electron chi connectivity index (χ0n) is 18.2. The van der Waals surface area contributed by atoms with Gasteiger partial charge in [0.05, 0.1) is 17.4 Å². The molecular weight excluding hydrogens is 380 g/mol. The number of nitrogens with zero attached hydrogens (tertiary/aromatic N) is 1. The Balaban J connectivity index is 1.57. The van der Waals surface area contributed by atoms with Gasteiger partial charge in [-0.3, -0.25) is 4.79 Å². The van der Waals surface area contributed by atoms with E-state index in [1.54, 1.807) is 6.26 Å². The lowest BCUT2D eigenvalue weighted by Gasteiger charge is -2.39. The van der Waals surface area contributed by atoms with Gasteiger partial charge in [0.15, 0.2) is 11.5 Å². The third-order valence-corrected chi connectivity index (χ3v) is 7.19. The highest BCUT2D eigenvalue weighted by Gasteiger charge is 2.48. The predicted molar refractivity (Wildman–Crippen MR) is 114 cm³/mol. The van der Waals surface area contributed by atoms with Gasteiger partial charge in [0.2, 0.25) is 0 Å². The van der Waals surface area contributed by atoms with Crippen LogP contribution in [0.5, 0.6) is 11.5 Å². The van der Waals surface area contributed by atoms with Gasteiger partial charge in [0.25, 0.3) is 11.7 Å².